The summed E-state index contributed by atoms with van der Waals surface area (Å²) < 4.78 is 27.7. The molecule has 0 radical (unpaired) electrons. The van der Waals surface area contributed by atoms with E-state index in [0.717, 1.165) is 25.7 Å². The van der Waals surface area contributed by atoms with Crippen molar-refractivity contribution in [1.29, 1.82) is 0 Å². The Morgan fingerprint density at radius 2 is 1.81 bits per heavy atom. The molecule has 0 aromatic heterocycles. The SMILES string of the molecule is Cc1ccc(NC(=O)[C@@H](N)CC(C)C)cc1S(=O)(=O)N1CCCCCC1. The predicted molar refractivity (Wildman–Crippen MR) is 104 cm³/mol. The van der Waals surface area contributed by atoms with Gasteiger partial charge in [-0.05, 0) is 49.8 Å². The van der Waals surface area contributed by atoms with E-state index in [1.807, 2.05) is 13.8 Å². The van der Waals surface area contributed by atoms with Crippen molar-refractivity contribution < 1.29 is 13.2 Å². The van der Waals surface area contributed by atoms with Crippen LogP contribution in [0.3, 0.4) is 0 Å². The van der Waals surface area contributed by atoms with Gasteiger partial charge >= 0.3 is 0 Å². The van der Waals surface area contributed by atoms with Gasteiger partial charge in [0.2, 0.25) is 15.9 Å². The lowest BCUT2D eigenvalue weighted by Crippen LogP contribution is -2.36. The van der Waals surface area contributed by atoms with Gasteiger partial charge in [-0.2, -0.15) is 4.31 Å². The third-order valence-electron chi connectivity index (χ3n) is 4.70. The second-order valence-corrected chi connectivity index (χ2v) is 9.43. The fraction of sp³-hybridized carbons (Fsp3) is 0.632. The van der Waals surface area contributed by atoms with E-state index in [1.54, 1.807) is 29.4 Å². The zero-order valence-electron chi connectivity index (χ0n) is 16.0. The van der Waals surface area contributed by atoms with Crippen molar-refractivity contribution in [1.82, 2.24) is 4.31 Å². The van der Waals surface area contributed by atoms with Crippen LogP contribution in [0.25, 0.3) is 0 Å². The molecule has 0 spiro atoms. The zero-order valence-corrected chi connectivity index (χ0v) is 16.8. The molecule has 2 rings (SSSR count). The molecule has 6 nitrogen and oxygen atoms in total. The number of nitrogens with zero attached hydrogens (tertiary/aromatic N) is 1. The molecule has 1 fully saturated rings. The molecule has 1 atom stereocenters. The Bertz CT molecular complexity index is 724. The van der Waals surface area contributed by atoms with E-state index >= 15 is 0 Å². The predicted octanol–water partition coefficient (Wildman–Crippen LogP) is 2.87. The monoisotopic (exact) mass is 381 g/mol. The van der Waals surface area contributed by atoms with Gasteiger partial charge in [0, 0.05) is 18.8 Å². The average molecular weight is 382 g/mol. The van der Waals surface area contributed by atoms with Gasteiger partial charge < -0.3 is 11.1 Å². The standard InChI is InChI=1S/C19H31N3O3S/c1-14(2)12-17(20)19(23)21-16-9-8-15(3)18(13-16)26(24,25)22-10-6-4-5-7-11-22/h8-9,13-14,17H,4-7,10-12,20H2,1-3H3,(H,21,23)/t17-/m0/s1. The maximum atomic E-state index is 13.1. The summed E-state index contributed by atoms with van der Waals surface area (Å²) in [5.74, 6) is 0.0217. The topological polar surface area (TPSA) is 92.5 Å². The Morgan fingerprint density at radius 1 is 1.19 bits per heavy atom. The molecule has 0 saturated carbocycles. The molecule has 1 saturated heterocycles. The molecule has 0 unspecified atom stereocenters. The first-order valence-corrected chi connectivity index (χ1v) is 10.8. The number of amides is 1. The highest BCUT2D eigenvalue weighted by Gasteiger charge is 2.27. The molecule has 1 heterocycles. The zero-order chi connectivity index (χ0) is 19.3. The number of rotatable bonds is 6. The van der Waals surface area contributed by atoms with E-state index in [4.69, 9.17) is 5.73 Å². The summed E-state index contributed by atoms with van der Waals surface area (Å²) in [6, 6.07) is 4.39. The third kappa shape index (κ3) is 5.28. The lowest BCUT2D eigenvalue weighted by atomic mass is 10.0. The van der Waals surface area contributed by atoms with Crippen LogP contribution >= 0.6 is 0 Å². The summed E-state index contributed by atoms with van der Waals surface area (Å²) >= 11 is 0. The highest BCUT2D eigenvalue weighted by Crippen LogP contribution is 2.26. The van der Waals surface area contributed by atoms with Gasteiger partial charge in [0.25, 0.3) is 0 Å². The first-order chi connectivity index (χ1) is 12.2. The second kappa shape index (κ2) is 8.97. The number of carbonyl (C=O) groups excluding carboxylic acids is 1. The molecule has 146 valence electrons. The van der Waals surface area contributed by atoms with E-state index in [-0.39, 0.29) is 10.8 Å². The summed E-state index contributed by atoms with van der Waals surface area (Å²) in [5.41, 5.74) is 7.06. The Hall–Kier alpha value is -1.44. The van der Waals surface area contributed by atoms with Crippen molar-refractivity contribution in [2.45, 2.75) is 63.8 Å². The van der Waals surface area contributed by atoms with Crippen LogP contribution in [-0.2, 0) is 14.8 Å². The third-order valence-corrected chi connectivity index (χ3v) is 6.74. The van der Waals surface area contributed by atoms with Gasteiger partial charge in [0.1, 0.15) is 0 Å². The molecule has 1 aliphatic rings. The molecule has 1 aromatic carbocycles. The smallest absolute Gasteiger partial charge is 0.243 e. The van der Waals surface area contributed by atoms with Gasteiger partial charge in [-0.3, -0.25) is 4.79 Å². The van der Waals surface area contributed by atoms with Crippen molar-refractivity contribution in [2.24, 2.45) is 11.7 Å². The quantitative estimate of drug-likeness (QED) is 0.792. The van der Waals surface area contributed by atoms with Gasteiger partial charge in [-0.1, -0.05) is 32.8 Å². The first-order valence-electron chi connectivity index (χ1n) is 9.39. The average Bonchev–Trinajstić information content (AvgIpc) is 2.85. The van der Waals surface area contributed by atoms with Gasteiger partial charge in [0.05, 0.1) is 10.9 Å². The van der Waals surface area contributed by atoms with Gasteiger partial charge in [0.15, 0.2) is 0 Å². The first kappa shape index (κ1) is 20.9. The molecule has 0 bridgehead atoms. The summed E-state index contributed by atoms with van der Waals surface area (Å²) in [6.07, 6.45) is 4.48. The molecule has 0 aliphatic carbocycles. The highest BCUT2D eigenvalue weighted by atomic mass is 32.2. The number of nitrogens with two attached hydrogens (primary N) is 1. The lowest BCUT2D eigenvalue weighted by Gasteiger charge is -2.22. The number of aryl methyl sites for hydroxylation is 1. The van der Waals surface area contributed by atoms with Crippen molar-refractivity contribution >= 4 is 21.6 Å². The number of hydrogen-bond acceptors (Lipinski definition) is 4. The normalized spacial score (nSPS) is 17.7. The Labute approximate surface area is 157 Å². The van der Waals surface area contributed by atoms with E-state index < -0.39 is 16.1 Å². The van der Waals surface area contributed by atoms with Gasteiger partial charge in [-0.15, -0.1) is 0 Å². The minimum Gasteiger partial charge on any atom is -0.325 e. The van der Waals surface area contributed by atoms with Crippen LogP contribution in [0, 0.1) is 12.8 Å². The number of sulfonamides is 1. The fourth-order valence-electron chi connectivity index (χ4n) is 3.23. The molecule has 3 N–H and O–H groups in total. The van der Waals surface area contributed by atoms with Crippen LogP contribution in [0.4, 0.5) is 5.69 Å². The van der Waals surface area contributed by atoms with E-state index in [1.165, 1.54) is 0 Å². The molecule has 7 heteroatoms. The lowest BCUT2D eigenvalue weighted by molar-refractivity contribution is -0.117. The molecule has 1 amide bonds. The van der Waals surface area contributed by atoms with Gasteiger partial charge in [-0.25, -0.2) is 8.42 Å². The Balaban J connectivity index is 2.22. The Morgan fingerprint density at radius 3 is 2.38 bits per heavy atom. The fourth-order valence-corrected chi connectivity index (χ4v) is 4.99. The van der Waals surface area contributed by atoms with Crippen LogP contribution in [0.15, 0.2) is 23.1 Å². The maximum Gasteiger partial charge on any atom is 0.243 e. The number of hydrogen-bond donors (Lipinski definition) is 2. The number of carbonyl (C=O) groups is 1. The van der Waals surface area contributed by atoms with E-state index in [9.17, 15) is 13.2 Å². The molecular formula is C19H31N3O3S. The minimum absolute atomic E-state index is 0.259. The summed E-state index contributed by atoms with van der Waals surface area (Å²) in [5, 5.41) is 2.76. The maximum absolute atomic E-state index is 13.1. The van der Waals surface area contributed by atoms with Crippen LogP contribution in [0.1, 0.15) is 51.5 Å². The largest absolute Gasteiger partial charge is 0.325 e. The van der Waals surface area contributed by atoms with Crippen LogP contribution < -0.4 is 11.1 Å². The second-order valence-electron chi connectivity index (χ2n) is 7.52. The summed E-state index contributed by atoms with van der Waals surface area (Å²) in [4.78, 5) is 12.5. The van der Waals surface area contributed by atoms with Crippen molar-refractivity contribution in [2.75, 3.05) is 18.4 Å². The number of anilines is 1. The van der Waals surface area contributed by atoms with E-state index in [0.29, 0.717) is 36.7 Å². The molecular weight excluding hydrogens is 350 g/mol. The van der Waals surface area contributed by atoms with Crippen molar-refractivity contribution in [3.05, 3.63) is 23.8 Å². The summed E-state index contributed by atoms with van der Waals surface area (Å²) in [7, 11) is -3.56. The summed E-state index contributed by atoms with van der Waals surface area (Å²) in [6.45, 7) is 6.89. The van der Waals surface area contributed by atoms with Crippen LogP contribution in [0.2, 0.25) is 0 Å². The molecule has 1 aromatic rings. The highest BCUT2D eigenvalue weighted by molar-refractivity contribution is 7.89. The van der Waals surface area contributed by atoms with E-state index in [2.05, 4.69) is 5.32 Å². The van der Waals surface area contributed by atoms with Crippen LogP contribution in [0.5, 0.6) is 0 Å². The van der Waals surface area contributed by atoms with Crippen LogP contribution in [-0.4, -0.2) is 37.8 Å². The number of benzene rings is 1. The van der Waals surface area contributed by atoms with Crippen molar-refractivity contribution in [3.8, 4) is 0 Å². The Kier molecular flexibility index (Phi) is 7.20. The minimum atomic E-state index is -3.56. The molecule has 26 heavy (non-hydrogen) atoms. The molecule has 1 aliphatic heterocycles. The van der Waals surface area contributed by atoms with Crippen molar-refractivity contribution in [3.63, 3.8) is 0 Å². The number of nitrogens with one attached hydrogen (secondary N) is 1.